The maximum absolute atomic E-state index is 12.5. The summed E-state index contributed by atoms with van der Waals surface area (Å²) in [7, 11) is -1.07. The van der Waals surface area contributed by atoms with E-state index < -0.39 is 11.0 Å². The van der Waals surface area contributed by atoms with E-state index in [1.807, 2.05) is 37.8 Å². The summed E-state index contributed by atoms with van der Waals surface area (Å²) >= 11 is 0. The Morgan fingerprint density at radius 1 is 1.04 bits per heavy atom. The van der Waals surface area contributed by atoms with E-state index in [4.69, 9.17) is 0 Å². The predicted octanol–water partition coefficient (Wildman–Crippen LogP) is 4.03. The van der Waals surface area contributed by atoms with Crippen molar-refractivity contribution in [1.29, 1.82) is 0 Å². The molecule has 146 valence electrons. The normalized spacial score (nSPS) is 17.8. The molecule has 0 bridgehead atoms. The van der Waals surface area contributed by atoms with E-state index in [1.165, 1.54) is 5.56 Å². The van der Waals surface area contributed by atoms with Crippen LogP contribution in [-0.2, 0) is 16.4 Å². The molecule has 5 nitrogen and oxygen atoms in total. The molecule has 2 rings (SSSR count). The lowest BCUT2D eigenvalue weighted by Gasteiger charge is -2.33. The van der Waals surface area contributed by atoms with Crippen LogP contribution in [0.15, 0.2) is 24.3 Å². The molecule has 1 aliphatic heterocycles. The molecule has 1 aromatic carbocycles. The number of hydrogen-bond donors (Lipinski definition) is 2. The Labute approximate surface area is 160 Å². The maximum Gasteiger partial charge on any atom is 0.321 e. The number of piperidine rings is 1. The highest BCUT2D eigenvalue weighted by molar-refractivity contribution is 7.84. The lowest BCUT2D eigenvalue weighted by Crippen LogP contribution is -2.48. The number of anilines is 1. The van der Waals surface area contributed by atoms with Gasteiger partial charge in [-0.05, 0) is 56.7 Å². The molecule has 0 radical (unpaired) electrons. The molecule has 0 saturated carbocycles. The second kappa shape index (κ2) is 8.09. The van der Waals surface area contributed by atoms with Crippen LogP contribution in [0.1, 0.15) is 59.9 Å². The van der Waals surface area contributed by atoms with Crippen molar-refractivity contribution in [3.63, 3.8) is 0 Å². The van der Waals surface area contributed by atoms with Crippen LogP contribution < -0.4 is 10.0 Å². The molecule has 1 unspecified atom stereocenters. The van der Waals surface area contributed by atoms with Crippen LogP contribution in [0.2, 0.25) is 0 Å². The highest BCUT2D eigenvalue weighted by Crippen LogP contribution is 2.24. The van der Waals surface area contributed by atoms with E-state index in [0.717, 1.165) is 18.5 Å². The standard InChI is InChI=1S/C20H33N3O2S/c1-19(2,3)15-7-9-16(10-8-15)21-18(24)23-13-11-17(12-14-23)22-26(25)20(4,5)6/h7-10,17,22H,11-14H2,1-6H3,(H,21,24). The van der Waals surface area contributed by atoms with Gasteiger partial charge in [0.25, 0.3) is 0 Å². The second-order valence-electron chi connectivity index (χ2n) is 9.02. The van der Waals surface area contributed by atoms with E-state index in [1.54, 1.807) is 0 Å². The zero-order chi connectivity index (χ0) is 19.5. The molecule has 0 spiro atoms. The van der Waals surface area contributed by atoms with Crippen molar-refractivity contribution >= 4 is 22.7 Å². The highest BCUT2D eigenvalue weighted by Gasteiger charge is 2.27. The first-order valence-corrected chi connectivity index (χ1v) is 10.5. The summed E-state index contributed by atoms with van der Waals surface area (Å²) in [6, 6.07) is 8.17. The van der Waals surface area contributed by atoms with Crippen LogP contribution in [0, 0.1) is 0 Å². The van der Waals surface area contributed by atoms with Crippen molar-refractivity contribution in [2.45, 2.75) is 70.6 Å². The number of amides is 2. The third-order valence-electron chi connectivity index (χ3n) is 4.61. The molecular weight excluding hydrogens is 346 g/mol. The number of rotatable bonds is 3. The average Bonchev–Trinajstić information content (AvgIpc) is 2.54. The van der Waals surface area contributed by atoms with Gasteiger partial charge in [0, 0.05) is 24.8 Å². The van der Waals surface area contributed by atoms with Gasteiger partial charge in [-0.15, -0.1) is 0 Å². The number of carbonyl (C=O) groups excluding carboxylic acids is 1. The predicted molar refractivity (Wildman–Crippen MR) is 110 cm³/mol. The number of likely N-dealkylation sites (tertiary alicyclic amines) is 1. The average molecular weight is 380 g/mol. The van der Waals surface area contributed by atoms with Gasteiger partial charge in [-0.2, -0.15) is 0 Å². The molecule has 6 heteroatoms. The fourth-order valence-corrected chi connectivity index (χ4v) is 3.68. The van der Waals surface area contributed by atoms with Crippen molar-refractivity contribution in [2.24, 2.45) is 0 Å². The lowest BCUT2D eigenvalue weighted by molar-refractivity contribution is 0.193. The zero-order valence-electron chi connectivity index (χ0n) is 16.9. The Bertz CT molecular complexity index is 637. The Hall–Kier alpha value is -1.40. The number of hydrogen-bond acceptors (Lipinski definition) is 2. The monoisotopic (exact) mass is 379 g/mol. The van der Waals surface area contributed by atoms with Crippen LogP contribution in [0.3, 0.4) is 0 Å². The summed E-state index contributed by atoms with van der Waals surface area (Å²) in [5, 5.41) is 2.98. The van der Waals surface area contributed by atoms with Gasteiger partial charge in [0.2, 0.25) is 0 Å². The molecule has 1 aliphatic rings. The number of nitrogens with one attached hydrogen (secondary N) is 2. The SMILES string of the molecule is CC(C)(C)c1ccc(NC(=O)N2CCC(NS(=O)C(C)(C)C)CC2)cc1. The van der Waals surface area contributed by atoms with Crippen LogP contribution in [0.25, 0.3) is 0 Å². The Kier molecular flexibility index (Phi) is 6.51. The van der Waals surface area contributed by atoms with E-state index in [0.29, 0.717) is 13.1 Å². The first-order chi connectivity index (χ1) is 12.0. The Morgan fingerprint density at radius 3 is 2.04 bits per heavy atom. The highest BCUT2D eigenvalue weighted by atomic mass is 32.2. The minimum Gasteiger partial charge on any atom is -0.324 e. The van der Waals surface area contributed by atoms with E-state index in [9.17, 15) is 9.00 Å². The van der Waals surface area contributed by atoms with Gasteiger partial charge in [-0.3, -0.25) is 0 Å². The summed E-state index contributed by atoms with van der Waals surface area (Å²) in [4.78, 5) is 14.3. The third kappa shape index (κ3) is 5.81. The van der Waals surface area contributed by atoms with Crippen LogP contribution in [-0.4, -0.2) is 39.0 Å². The molecular formula is C20H33N3O2S. The van der Waals surface area contributed by atoms with Gasteiger partial charge in [0.15, 0.2) is 0 Å². The van der Waals surface area contributed by atoms with Crippen molar-refractivity contribution in [3.05, 3.63) is 29.8 Å². The molecule has 0 aromatic heterocycles. The van der Waals surface area contributed by atoms with Crippen LogP contribution in [0.5, 0.6) is 0 Å². The molecule has 1 aromatic rings. The van der Waals surface area contributed by atoms with E-state index in [-0.39, 0.29) is 22.2 Å². The van der Waals surface area contributed by atoms with Gasteiger partial charge in [0.05, 0.1) is 15.7 Å². The number of carbonyl (C=O) groups is 1. The number of nitrogens with zero attached hydrogens (tertiary/aromatic N) is 1. The molecule has 1 atom stereocenters. The third-order valence-corrected chi connectivity index (χ3v) is 6.27. The minimum absolute atomic E-state index is 0.0658. The van der Waals surface area contributed by atoms with Crippen molar-refractivity contribution in [3.8, 4) is 0 Å². The fraction of sp³-hybridized carbons (Fsp3) is 0.650. The van der Waals surface area contributed by atoms with Crippen molar-refractivity contribution in [1.82, 2.24) is 9.62 Å². The van der Waals surface area contributed by atoms with Crippen LogP contribution in [0.4, 0.5) is 10.5 Å². The minimum atomic E-state index is -1.07. The first kappa shape index (κ1) is 20.9. The molecule has 1 fully saturated rings. The number of benzene rings is 1. The molecule has 1 saturated heterocycles. The second-order valence-corrected chi connectivity index (χ2v) is 11.0. The first-order valence-electron chi connectivity index (χ1n) is 9.31. The number of urea groups is 1. The molecule has 2 N–H and O–H groups in total. The van der Waals surface area contributed by atoms with Gasteiger partial charge >= 0.3 is 6.03 Å². The van der Waals surface area contributed by atoms with Gasteiger partial charge in [0.1, 0.15) is 0 Å². The van der Waals surface area contributed by atoms with Crippen molar-refractivity contribution in [2.75, 3.05) is 18.4 Å². The molecule has 26 heavy (non-hydrogen) atoms. The summed E-state index contributed by atoms with van der Waals surface area (Å²) in [5.41, 5.74) is 2.16. The maximum atomic E-state index is 12.5. The summed E-state index contributed by atoms with van der Waals surface area (Å²) in [5.74, 6) is 0. The van der Waals surface area contributed by atoms with E-state index in [2.05, 4.69) is 42.9 Å². The Morgan fingerprint density at radius 2 is 1.58 bits per heavy atom. The van der Waals surface area contributed by atoms with Gasteiger partial charge in [-0.1, -0.05) is 32.9 Å². The summed E-state index contributed by atoms with van der Waals surface area (Å²) in [6.45, 7) is 13.7. The zero-order valence-corrected chi connectivity index (χ0v) is 17.7. The lowest BCUT2D eigenvalue weighted by atomic mass is 9.87. The molecule has 0 aliphatic carbocycles. The molecule has 1 heterocycles. The smallest absolute Gasteiger partial charge is 0.321 e. The summed E-state index contributed by atoms with van der Waals surface area (Å²) in [6.07, 6.45) is 1.64. The van der Waals surface area contributed by atoms with E-state index >= 15 is 0 Å². The van der Waals surface area contributed by atoms with Crippen molar-refractivity contribution < 1.29 is 9.00 Å². The largest absolute Gasteiger partial charge is 0.324 e. The quantitative estimate of drug-likeness (QED) is 0.833. The molecule has 2 amide bonds. The van der Waals surface area contributed by atoms with Crippen LogP contribution >= 0.6 is 0 Å². The summed E-state index contributed by atoms with van der Waals surface area (Å²) < 4.78 is 15.1. The topological polar surface area (TPSA) is 61.4 Å². The fourth-order valence-electron chi connectivity index (χ4n) is 2.78. The van der Waals surface area contributed by atoms with Gasteiger partial charge < -0.3 is 10.2 Å². The van der Waals surface area contributed by atoms with Gasteiger partial charge in [-0.25, -0.2) is 13.7 Å². The Balaban J connectivity index is 1.84.